The number of carboxylic acid groups (broad SMARTS) is 1. The molecule has 0 bridgehead atoms. The maximum atomic E-state index is 11.3. The molecule has 0 amide bonds. The Morgan fingerprint density at radius 3 is 2.00 bits per heavy atom. The highest BCUT2D eigenvalue weighted by Crippen LogP contribution is 2.22. The lowest BCUT2D eigenvalue weighted by atomic mass is 10.0. The van der Waals surface area contributed by atoms with Gasteiger partial charge in [0.05, 0.1) is 11.3 Å². The average molecular weight is 389 g/mol. The number of hydrogen-bond donors (Lipinski definition) is 3. The van der Waals surface area contributed by atoms with E-state index >= 15 is 0 Å². The highest BCUT2D eigenvalue weighted by Gasteiger charge is 2.08. The minimum atomic E-state index is -0.932. The summed E-state index contributed by atoms with van der Waals surface area (Å²) in [6, 6.07) is 23.8. The van der Waals surface area contributed by atoms with E-state index in [9.17, 15) is 9.90 Å². The first-order valence-electron chi connectivity index (χ1n) is 10.2. The quantitative estimate of drug-likeness (QED) is 0.391. The third-order valence-electron chi connectivity index (χ3n) is 4.85. The molecule has 3 aromatic rings. The van der Waals surface area contributed by atoms with Gasteiger partial charge in [0.2, 0.25) is 0 Å². The summed E-state index contributed by atoms with van der Waals surface area (Å²) in [5.41, 5.74) is 5.58. The molecule has 0 saturated carbocycles. The summed E-state index contributed by atoms with van der Waals surface area (Å²) in [6.45, 7) is 3.17. The molecule has 0 aliphatic rings. The van der Waals surface area contributed by atoms with Crippen molar-refractivity contribution in [3.05, 3.63) is 89.5 Å². The molecule has 0 aliphatic heterocycles. The lowest BCUT2D eigenvalue weighted by Crippen LogP contribution is -2.02. The predicted molar refractivity (Wildman–Crippen MR) is 120 cm³/mol. The Morgan fingerprint density at radius 1 is 0.828 bits per heavy atom. The van der Waals surface area contributed by atoms with E-state index in [0.717, 1.165) is 37.9 Å². The molecule has 150 valence electrons. The van der Waals surface area contributed by atoms with Gasteiger partial charge in [0, 0.05) is 17.9 Å². The van der Waals surface area contributed by atoms with Crippen molar-refractivity contribution in [1.82, 2.24) is 0 Å². The van der Waals surface area contributed by atoms with Crippen LogP contribution >= 0.6 is 0 Å². The van der Waals surface area contributed by atoms with Crippen molar-refractivity contribution in [2.45, 2.75) is 32.6 Å². The van der Waals surface area contributed by atoms with Gasteiger partial charge in [-0.15, -0.1) is 0 Å². The van der Waals surface area contributed by atoms with Gasteiger partial charge in [-0.1, -0.05) is 43.3 Å². The normalized spacial score (nSPS) is 10.5. The number of aryl methyl sites for hydroxylation is 2. The fraction of sp³-hybridized carbons (Fsp3) is 0.240. The van der Waals surface area contributed by atoms with Crippen molar-refractivity contribution in [3.8, 4) is 0 Å². The highest BCUT2D eigenvalue weighted by molar-refractivity contribution is 5.95. The first-order chi connectivity index (χ1) is 14.2. The maximum absolute atomic E-state index is 11.3. The molecule has 0 unspecified atom stereocenters. The second kappa shape index (κ2) is 10.3. The molecule has 3 rings (SSSR count). The zero-order chi connectivity index (χ0) is 20.5. The molecule has 0 atom stereocenters. The van der Waals surface area contributed by atoms with Crippen LogP contribution in [0.15, 0.2) is 72.8 Å². The standard InChI is InChI=1S/C25H28N2O2/c1-2-18-26-21-14-10-19(11-15-21)6-5-7-20-12-16-22(17-13-20)27-24-9-4-3-8-23(24)25(28)29/h3-4,8-17,26-27H,2,5-7,18H2,1H3,(H,28,29). The van der Waals surface area contributed by atoms with Crippen LogP contribution in [0, 0.1) is 0 Å². The minimum absolute atomic E-state index is 0.271. The Labute approximate surface area is 172 Å². The van der Waals surface area contributed by atoms with Crippen molar-refractivity contribution in [2.24, 2.45) is 0 Å². The first-order valence-corrected chi connectivity index (χ1v) is 10.2. The summed E-state index contributed by atoms with van der Waals surface area (Å²) >= 11 is 0. The van der Waals surface area contributed by atoms with E-state index in [2.05, 4.69) is 54.0 Å². The van der Waals surface area contributed by atoms with Gasteiger partial charge in [-0.2, -0.15) is 0 Å². The predicted octanol–water partition coefficient (Wildman–Crippen LogP) is 6.13. The lowest BCUT2D eigenvalue weighted by Gasteiger charge is -2.10. The number of carboxylic acids is 1. The van der Waals surface area contributed by atoms with Crippen LogP contribution in [-0.2, 0) is 12.8 Å². The van der Waals surface area contributed by atoms with E-state index in [4.69, 9.17) is 0 Å². The molecule has 0 heterocycles. The third-order valence-corrected chi connectivity index (χ3v) is 4.85. The molecule has 4 nitrogen and oxygen atoms in total. The van der Waals surface area contributed by atoms with Gasteiger partial charge in [0.1, 0.15) is 0 Å². The molecule has 0 aromatic heterocycles. The van der Waals surface area contributed by atoms with Crippen LogP contribution < -0.4 is 10.6 Å². The Bertz CT molecular complexity index is 918. The molecule has 0 aliphatic carbocycles. The number of benzene rings is 3. The van der Waals surface area contributed by atoms with E-state index in [1.165, 1.54) is 16.8 Å². The topological polar surface area (TPSA) is 61.4 Å². The molecular formula is C25H28N2O2. The minimum Gasteiger partial charge on any atom is -0.478 e. The van der Waals surface area contributed by atoms with E-state index in [0.29, 0.717) is 5.69 Å². The molecule has 3 N–H and O–H groups in total. The Kier molecular flexibility index (Phi) is 7.28. The Hall–Kier alpha value is -3.27. The fourth-order valence-corrected chi connectivity index (χ4v) is 3.24. The van der Waals surface area contributed by atoms with Crippen molar-refractivity contribution in [2.75, 3.05) is 17.2 Å². The summed E-state index contributed by atoms with van der Waals surface area (Å²) in [4.78, 5) is 11.3. The van der Waals surface area contributed by atoms with Crippen LogP contribution in [0.1, 0.15) is 41.3 Å². The van der Waals surface area contributed by atoms with E-state index in [1.807, 2.05) is 18.2 Å². The largest absolute Gasteiger partial charge is 0.478 e. The van der Waals surface area contributed by atoms with Crippen LogP contribution in [-0.4, -0.2) is 17.6 Å². The number of aromatic carboxylic acids is 1. The summed E-state index contributed by atoms with van der Waals surface area (Å²) in [7, 11) is 0. The molecule has 4 heteroatoms. The Balaban J connectivity index is 1.50. The number of nitrogens with one attached hydrogen (secondary N) is 2. The number of anilines is 3. The number of para-hydroxylation sites is 1. The van der Waals surface area contributed by atoms with Crippen molar-refractivity contribution < 1.29 is 9.90 Å². The fourth-order valence-electron chi connectivity index (χ4n) is 3.24. The molecule has 3 aromatic carbocycles. The van der Waals surface area contributed by atoms with Crippen LogP contribution in [0.25, 0.3) is 0 Å². The van der Waals surface area contributed by atoms with Gasteiger partial charge < -0.3 is 15.7 Å². The van der Waals surface area contributed by atoms with Gasteiger partial charge in [0.25, 0.3) is 0 Å². The van der Waals surface area contributed by atoms with Crippen LogP contribution in [0.5, 0.6) is 0 Å². The first kappa shape index (κ1) is 20.5. The second-order valence-corrected chi connectivity index (χ2v) is 7.15. The van der Waals surface area contributed by atoms with Gasteiger partial charge in [-0.3, -0.25) is 0 Å². The zero-order valence-corrected chi connectivity index (χ0v) is 16.8. The van der Waals surface area contributed by atoms with E-state index < -0.39 is 5.97 Å². The van der Waals surface area contributed by atoms with Crippen LogP contribution in [0.3, 0.4) is 0 Å². The van der Waals surface area contributed by atoms with Gasteiger partial charge >= 0.3 is 5.97 Å². The lowest BCUT2D eigenvalue weighted by molar-refractivity contribution is 0.0698. The summed E-state index contributed by atoms with van der Waals surface area (Å²) in [6.07, 6.45) is 4.29. The van der Waals surface area contributed by atoms with Gasteiger partial charge in [-0.25, -0.2) is 4.79 Å². The zero-order valence-electron chi connectivity index (χ0n) is 16.8. The number of hydrogen-bond acceptors (Lipinski definition) is 3. The number of carbonyl (C=O) groups is 1. The SMILES string of the molecule is CCCNc1ccc(CCCc2ccc(Nc3ccccc3C(=O)O)cc2)cc1. The molecule has 0 fully saturated rings. The molecule has 0 spiro atoms. The summed E-state index contributed by atoms with van der Waals surface area (Å²) < 4.78 is 0. The average Bonchev–Trinajstić information content (AvgIpc) is 2.74. The molecule has 0 radical (unpaired) electrons. The molecule has 0 saturated heterocycles. The molecule has 29 heavy (non-hydrogen) atoms. The Morgan fingerprint density at radius 2 is 1.41 bits per heavy atom. The van der Waals surface area contributed by atoms with E-state index in [-0.39, 0.29) is 5.56 Å². The summed E-state index contributed by atoms with van der Waals surface area (Å²) in [5, 5.41) is 15.9. The highest BCUT2D eigenvalue weighted by atomic mass is 16.4. The number of rotatable bonds is 10. The van der Waals surface area contributed by atoms with Crippen molar-refractivity contribution in [3.63, 3.8) is 0 Å². The maximum Gasteiger partial charge on any atom is 0.337 e. The third kappa shape index (κ3) is 6.11. The van der Waals surface area contributed by atoms with Gasteiger partial charge in [-0.05, 0) is 73.2 Å². The van der Waals surface area contributed by atoms with Crippen molar-refractivity contribution >= 4 is 23.0 Å². The van der Waals surface area contributed by atoms with Crippen LogP contribution in [0.4, 0.5) is 17.1 Å². The second-order valence-electron chi connectivity index (χ2n) is 7.15. The molecular weight excluding hydrogens is 360 g/mol. The van der Waals surface area contributed by atoms with Crippen LogP contribution in [0.2, 0.25) is 0 Å². The van der Waals surface area contributed by atoms with Gasteiger partial charge in [0.15, 0.2) is 0 Å². The summed E-state index contributed by atoms with van der Waals surface area (Å²) in [5.74, 6) is -0.932. The van der Waals surface area contributed by atoms with Crippen molar-refractivity contribution in [1.29, 1.82) is 0 Å². The van der Waals surface area contributed by atoms with E-state index in [1.54, 1.807) is 18.2 Å². The monoisotopic (exact) mass is 388 g/mol. The smallest absolute Gasteiger partial charge is 0.337 e.